The molecule has 0 aromatic carbocycles. The van der Waals surface area contributed by atoms with Gasteiger partial charge < -0.3 is 19.3 Å². The van der Waals surface area contributed by atoms with Crippen LogP contribution in [0.2, 0.25) is 0 Å². The summed E-state index contributed by atoms with van der Waals surface area (Å²) in [6.45, 7) is 8.38. The molecule has 156 valence electrons. The van der Waals surface area contributed by atoms with E-state index in [4.69, 9.17) is 0 Å². The summed E-state index contributed by atoms with van der Waals surface area (Å²) in [6.07, 6.45) is 4.66. The van der Waals surface area contributed by atoms with E-state index < -0.39 is 0 Å². The van der Waals surface area contributed by atoms with E-state index in [0.717, 1.165) is 75.4 Å². The van der Waals surface area contributed by atoms with E-state index in [1.807, 2.05) is 31.9 Å². The molecule has 3 rings (SSSR count). The lowest BCUT2D eigenvalue weighted by Crippen LogP contribution is -2.52. The second kappa shape index (κ2) is 8.27. The van der Waals surface area contributed by atoms with Crippen LogP contribution in [0.25, 0.3) is 0 Å². The quantitative estimate of drug-likeness (QED) is 0.778. The molecule has 0 radical (unpaired) electrons. The summed E-state index contributed by atoms with van der Waals surface area (Å²) in [7, 11) is 6.15. The molecule has 0 aliphatic carbocycles. The van der Waals surface area contributed by atoms with Gasteiger partial charge >= 0.3 is 0 Å². The predicted molar refractivity (Wildman–Crippen MR) is 111 cm³/mol. The highest BCUT2D eigenvalue weighted by Crippen LogP contribution is 2.40. The second-order valence-corrected chi connectivity index (χ2v) is 9.11. The Bertz CT molecular complexity index is 729. The molecule has 2 fully saturated rings. The number of hydrogen-bond donors (Lipinski definition) is 0. The van der Waals surface area contributed by atoms with E-state index in [9.17, 15) is 9.59 Å². The number of piperidine rings is 2. The summed E-state index contributed by atoms with van der Waals surface area (Å²) >= 11 is 0. The summed E-state index contributed by atoms with van der Waals surface area (Å²) in [5.74, 6) is 0.462. The lowest BCUT2D eigenvalue weighted by Gasteiger charge is -2.47. The zero-order chi connectivity index (χ0) is 20.5. The van der Waals surface area contributed by atoms with Crippen LogP contribution in [0.5, 0.6) is 0 Å². The van der Waals surface area contributed by atoms with Gasteiger partial charge in [0.25, 0.3) is 5.91 Å². The molecule has 2 saturated heterocycles. The molecular weight excluding hydrogens is 352 g/mol. The standard InChI is InChI=1S/C22H36N4O2/c1-17-15-19(18(2)24(17)5)21(28)25-13-9-22(10-14-25)8-7-20(27)26(16-22)12-6-11-23(3)4/h15H,6-14,16H2,1-5H3. The molecule has 2 aliphatic heterocycles. The van der Waals surface area contributed by atoms with Crippen LogP contribution in [-0.2, 0) is 11.8 Å². The van der Waals surface area contributed by atoms with Crippen molar-refractivity contribution in [2.75, 3.05) is 46.8 Å². The first-order valence-electron chi connectivity index (χ1n) is 10.6. The maximum atomic E-state index is 13.0. The molecule has 0 N–H and O–H groups in total. The number of rotatable bonds is 5. The molecule has 1 aromatic heterocycles. The topological polar surface area (TPSA) is 48.8 Å². The average Bonchev–Trinajstić information content (AvgIpc) is 2.92. The Balaban J connectivity index is 1.59. The van der Waals surface area contributed by atoms with Crippen molar-refractivity contribution in [3.63, 3.8) is 0 Å². The van der Waals surface area contributed by atoms with Crippen LogP contribution in [-0.4, -0.2) is 77.9 Å². The van der Waals surface area contributed by atoms with Crippen LogP contribution in [0.1, 0.15) is 53.8 Å². The van der Waals surface area contributed by atoms with Gasteiger partial charge in [-0.2, -0.15) is 0 Å². The number of amides is 2. The molecule has 0 atom stereocenters. The van der Waals surface area contributed by atoms with Gasteiger partial charge in [0.1, 0.15) is 0 Å². The Morgan fingerprint density at radius 1 is 1.18 bits per heavy atom. The third-order valence-electron chi connectivity index (χ3n) is 6.90. The summed E-state index contributed by atoms with van der Waals surface area (Å²) in [6, 6.07) is 2.01. The van der Waals surface area contributed by atoms with Crippen molar-refractivity contribution in [1.29, 1.82) is 0 Å². The van der Waals surface area contributed by atoms with E-state index >= 15 is 0 Å². The van der Waals surface area contributed by atoms with Crippen molar-refractivity contribution in [3.8, 4) is 0 Å². The van der Waals surface area contributed by atoms with Crippen LogP contribution >= 0.6 is 0 Å². The highest BCUT2D eigenvalue weighted by molar-refractivity contribution is 5.95. The predicted octanol–water partition coefficient (Wildman–Crippen LogP) is 2.44. The van der Waals surface area contributed by atoms with Crippen molar-refractivity contribution in [2.45, 2.75) is 46.0 Å². The van der Waals surface area contributed by atoms with Crippen molar-refractivity contribution < 1.29 is 9.59 Å². The summed E-state index contributed by atoms with van der Waals surface area (Å²) in [5.41, 5.74) is 3.19. The zero-order valence-electron chi connectivity index (χ0n) is 18.3. The van der Waals surface area contributed by atoms with Gasteiger partial charge in [0.15, 0.2) is 0 Å². The van der Waals surface area contributed by atoms with Crippen LogP contribution in [0, 0.1) is 19.3 Å². The van der Waals surface area contributed by atoms with Crippen molar-refractivity contribution in [2.24, 2.45) is 12.5 Å². The Morgan fingerprint density at radius 3 is 2.43 bits per heavy atom. The third kappa shape index (κ3) is 4.27. The fourth-order valence-electron chi connectivity index (χ4n) is 4.72. The summed E-state index contributed by atoms with van der Waals surface area (Å²) < 4.78 is 2.08. The van der Waals surface area contributed by atoms with Gasteiger partial charge in [-0.3, -0.25) is 9.59 Å². The van der Waals surface area contributed by atoms with Crippen molar-refractivity contribution in [1.82, 2.24) is 19.3 Å². The van der Waals surface area contributed by atoms with Gasteiger partial charge in [-0.05, 0) is 71.7 Å². The van der Waals surface area contributed by atoms with E-state index in [1.165, 1.54) is 0 Å². The SMILES string of the molecule is Cc1cc(C(=O)N2CCC3(CCC(=O)N(CCCN(C)C)C3)CC2)c(C)n1C. The Hall–Kier alpha value is -1.82. The fourth-order valence-corrected chi connectivity index (χ4v) is 4.72. The number of nitrogens with zero attached hydrogens (tertiary/aromatic N) is 4. The maximum absolute atomic E-state index is 13.0. The molecule has 1 spiro atoms. The number of carbonyl (C=O) groups excluding carboxylic acids is 2. The number of hydrogen-bond acceptors (Lipinski definition) is 3. The second-order valence-electron chi connectivity index (χ2n) is 9.11. The first-order chi connectivity index (χ1) is 13.2. The largest absolute Gasteiger partial charge is 0.351 e. The molecule has 6 nitrogen and oxygen atoms in total. The lowest BCUT2D eigenvalue weighted by molar-refractivity contribution is -0.139. The van der Waals surface area contributed by atoms with Crippen LogP contribution in [0.4, 0.5) is 0 Å². The molecule has 28 heavy (non-hydrogen) atoms. The molecular formula is C22H36N4O2. The molecule has 0 unspecified atom stereocenters. The first kappa shape index (κ1) is 20.9. The third-order valence-corrected chi connectivity index (χ3v) is 6.90. The molecule has 0 saturated carbocycles. The normalized spacial score (nSPS) is 19.7. The molecule has 3 heterocycles. The smallest absolute Gasteiger partial charge is 0.255 e. The van der Waals surface area contributed by atoms with Gasteiger partial charge in [0, 0.05) is 51.0 Å². The summed E-state index contributed by atoms with van der Waals surface area (Å²) in [4.78, 5) is 31.7. The minimum atomic E-state index is 0.158. The Morgan fingerprint density at radius 2 is 1.86 bits per heavy atom. The van der Waals surface area contributed by atoms with Crippen LogP contribution in [0.15, 0.2) is 6.07 Å². The van der Waals surface area contributed by atoms with Gasteiger partial charge in [-0.1, -0.05) is 0 Å². The van der Waals surface area contributed by atoms with E-state index in [2.05, 4.69) is 28.5 Å². The van der Waals surface area contributed by atoms with Crippen LogP contribution in [0.3, 0.4) is 0 Å². The molecule has 2 aliphatic rings. The van der Waals surface area contributed by atoms with E-state index in [1.54, 1.807) is 0 Å². The van der Waals surface area contributed by atoms with Gasteiger partial charge in [-0.25, -0.2) is 0 Å². The summed E-state index contributed by atoms with van der Waals surface area (Å²) in [5, 5.41) is 0. The number of likely N-dealkylation sites (tertiary alicyclic amines) is 2. The van der Waals surface area contributed by atoms with Gasteiger partial charge in [-0.15, -0.1) is 0 Å². The number of aryl methyl sites for hydroxylation is 1. The van der Waals surface area contributed by atoms with E-state index in [-0.39, 0.29) is 11.3 Å². The molecule has 1 aromatic rings. The highest BCUT2D eigenvalue weighted by Gasteiger charge is 2.41. The average molecular weight is 389 g/mol. The maximum Gasteiger partial charge on any atom is 0.255 e. The van der Waals surface area contributed by atoms with Crippen molar-refractivity contribution >= 4 is 11.8 Å². The Labute approximate surface area is 169 Å². The molecule has 0 bridgehead atoms. The highest BCUT2D eigenvalue weighted by atomic mass is 16.2. The Kier molecular flexibility index (Phi) is 6.18. The monoisotopic (exact) mass is 388 g/mol. The van der Waals surface area contributed by atoms with Crippen molar-refractivity contribution in [3.05, 3.63) is 23.0 Å². The van der Waals surface area contributed by atoms with Gasteiger partial charge in [0.2, 0.25) is 5.91 Å². The fraction of sp³-hybridized carbons (Fsp3) is 0.727. The minimum absolute atomic E-state index is 0.158. The minimum Gasteiger partial charge on any atom is -0.351 e. The molecule has 2 amide bonds. The zero-order valence-corrected chi connectivity index (χ0v) is 18.3. The number of carbonyl (C=O) groups is 2. The van der Waals surface area contributed by atoms with Gasteiger partial charge in [0.05, 0.1) is 5.56 Å². The lowest BCUT2D eigenvalue weighted by atomic mass is 9.72. The number of aromatic nitrogens is 1. The molecule has 6 heteroatoms. The first-order valence-corrected chi connectivity index (χ1v) is 10.6. The van der Waals surface area contributed by atoms with E-state index in [0.29, 0.717) is 12.3 Å². The van der Waals surface area contributed by atoms with Crippen LogP contribution < -0.4 is 0 Å².